The van der Waals surface area contributed by atoms with Crippen LogP contribution < -0.4 is 5.73 Å². The van der Waals surface area contributed by atoms with Gasteiger partial charge >= 0.3 is 0 Å². The molecule has 0 aromatic heterocycles. The summed E-state index contributed by atoms with van der Waals surface area (Å²) in [6.45, 7) is 5.60. The molecule has 4 heteroatoms. The fraction of sp³-hybridized carbons (Fsp3) is 0.909. The molecule has 0 spiro atoms. The molecule has 1 saturated heterocycles. The average Bonchev–Trinajstić information content (AvgIpc) is 2.27. The molecule has 88 valence electrons. The number of hydrogen-bond donors (Lipinski definition) is 1. The van der Waals surface area contributed by atoms with Crippen molar-refractivity contribution in [3.63, 3.8) is 0 Å². The largest absolute Gasteiger partial charge is 0.381 e. The van der Waals surface area contributed by atoms with Crippen molar-refractivity contribution < 1.29 is 4.74 Å². The molecule has 1 heterocycles. The van der Waals surface area contributed by atoms with Crippen LogP contribution in [0.5, 0.6) is 0 Å². The minimum Gasteiger partial charge on any atom is -0.381 e. The minimum absolute atomic E-state index is 0.657. The summed E-state index contributed by atoms with van der Waals surface area (Å²) >= 11 is 0. The van der Waals surface area contributed by atoms with Gasteiger partial charge in [-0.1, -0.05) is 0 Å². The van der Waals surface area contributed by atoms with Gasteiger partial charge in [0, 0.05) is 33.4 Å². The van der Waals surface area contributed by atoms with Gasteiger partial charge in [-0.25, -0.2) is 0 Å². The Balaban J connectivity index is 2.20. The van der Waals surface area contributed by atoms with Crippen LogP contribution in [-0.4, -0.2) is 44.2 Å². The molecule has 4 nitrogen and oxygen atoms in total. The molecule has 15 heavy (non-hydrogen) atoms. The van der Waals surface area contributed by atoms with Crippen LogP contribution in [0.1, 0.15) is 26.2 Å². The van der Waals surface area contributed by atoms with Gasteiger partial charge in [-0.3, -0.25) is 4.99 Å². The van der Waals surface area contributed by atoms with E-state index < -0.39 is 0 Å². The number of guanidine groups is 1. The maximum Gasteiger partial charge on any atom is 0.190 e. The maximum absolute atomic E-state index is 5.79. The number of nitrogens with zero attached hydrogens (tertiary/aromatic N) is 2. The summed E-state index contributed by atoms with van der Waals surface area (Å²) in [4.78, 5) is 6.22. The van der Waals surface area contributed by atoms with Gasteiger partial charge < -0.3 is 15.4 Å². The highest BCUT2D eigenvalue weighted by Gasteiger charge is 2.14. The zero-order valence-corrected chi connectivity index (χ0v) is 9.91. The maximum atomic E-state index is 5.79. The third-order valence-corrected chi connectivity index (χ3v) is 2.92. The van der Waals surface area contributed by atoms with Crippen LogP contribution in [0.25, 0.3) is 0 Å². The van der Waals surface area contributed by atoms with E-state index in [4.69, 9.17) is 10.5 Å². The van der Waals surface area contributed by atoms with Gasteiger partial charge in [0.1, 0.15) is 0 Å². The van der Waals surface area contributed by atoms with Crippen LogP contribution in [0.2, 0.25) is 0 Å². The van der Waals surface area contributed by atoms with E-state index >= 15 is 0 Å². The molecule has 0 bridgehead atoms. The summed E-state index contributed by atoms with van der Waals surface area (Å²) in [6.07, 6.45) is 3.58. The number of rotatable bonds is 4. The lowest BCUT2D eigenvalue weighted by molar-refractivity contribution is 0.0626. The molecular formula is C11H23N3O. The second kappa shape index (κ2) is 6.67. The molecule has 1 fully saturated rings. The highest BCUT2D eigenvalue weighted by atomic mass is 16.5. The number of nitrogens with two attached hydrogens (primary N) is 1. The summed E-state index contributed by atoms with van der Waals surface area (Å²) in [7, 11) is 2.01. The first-order valence-corrected chi connectivity index (χ1v) is 5.82. The molecule has 1 aliphatic heterocycles. The molecule has 0 aromatic carbocycles. The first-order valence-electron chi connectivity index (χ1n) is 5.82. The van der Waals surface area contributed by atoms with Gasteiger partial charge in [-0.2, -0.15) is 0 Å². The van der Waals surface area contributed by atoms with Crippen LogP contribution in [0.15, 0.2) is 4.99 Å². The van der Waals surface area contributed by atoms with Crippen molar-refractivity contribution in [2.45, 2.75) is 26.2 Å². The molecule has 0 unspecified atom stereocenters. The van der Waals surface area contributed by atoms with Crippen LogP contribution in [0.4, 0.5) is 0 Å². The van der Waals surface area contributed by atoms with Crippen molar-refractivity contribution in [3.05, 3.63) is 0 Å². The summed E-state index contributed by atoms with van der Waals surface area (Å²) < 4.78 is 5.33. The summed E-state index contributed by atoms with van der Waals surface area (Å²) in [6, 6.07) is 0. The Morgan fingerprint density at radius 2 is 2.13 bits per heavy atom. The molecule has 0 saturated carbocycles. The second-order valence-corrected chi connectivity index (χ2v) is 4.10. The monoisotopic (exact) mass is 213 g/mol. The molecule has 0 aliphatic carbocycles. The Kier molecular flexibility index (Phi) is 5.47. The standard InChI is InChI=1S/C11H23N3O/c1-3-13-11(12)14(2)7-4-10-5-8-15-9-6-10/h10H,3-9H2,1-2H3,(H2,12,13). The molecule has 2 N–H and O–H groups in total. The van der Waals surface area contributed by atoms with Crippen molar-refractivity contribution in [1.29, 1.82) is 0 Å². The van der Waals surface area contributed by atoms with Gasteiger partial charge in [-0.05, 0) is 32.1 Å². The predicted octanol–water partition coefficient (Wildman–Crippen LogP) is 1.07. The molecule has 1 aliphatic rings. The fourth-order valence-corrected chi connectivity index (χ4v) is 1.81. The van der Waals surface area contributed by atoms with Crippen molar-refractivity contribution in [2.24, 2.45) is 16.6 Å². The predicted molar refractivity (Wildman–Crippen MR) is 63.0 cm³/mol. The highest BCUT2D eigenvalue weighted by molar-refractivity contribution is 5.77. The molecular weight excluding hydrogens is 190 g/mol. The SMILES string of the molecule is CCN=C(N)N(C)CCC1CCOCC1. The lowest BCUT2D eigenvalue weighted by Gasteiger charge is -2.25. The van der Waals surface area contributed by atoms with Crippen LogP contribution in [0, 0.1) is 5.92 Å². The number of ether oxygens (including phenoxy) is 1. The highest BCUT2D eigenvalue weighted by Crippen LogP contribution is 2.18. The Morgan fingerprint density at radius 1 is 1.47 bits per heavy atom. The number of hydrogen-bond acceptors (Lipinski definition) is 2. The molecule has 0 radical (unpaired) electrons. The zero-order valence-electron chi connectivity index (χ0n) is 9.91. The van der Waals surface area contributed by atoms with Crippen molar-refractivity contribution in [3.8, 4) is 0 Å². The molecule has 0 atom stereocenters. The van der Waals surface area contributed by atoms with Gasteiger partial charge in [0.25, 0.3) is 0 Å². The van der Waals surface area contributed by atoms with Gasteiger partial charge in [0.05, 0.1) is 0 Å². The average molecular weight is 213 g/mol. The van der Waals surface area contributed by atoms with E-state index in [0.29, 0.717) is 5.96 Å². The van der Waals surface area contributed by atoms with E-state index in [-0.39, 0.29) is 0 Å². The minimum atomic E-state index is 0.657. The third-order valence-electron chi connectivity index (χ3n) is 2.92. The summed E-state index contributed by atoms with van der Waals surface area (Å²) in [5, 5.41) is 0. The Bertz CT molecular complexity index is 200. The lowest BCUT2D eigenvalue weighted by atomic mass is 9.96. The summed E-state index contributed by atoms with van der Waals surface area (Å²) in [5.74, 6) is 1.46. The van der Waals surface area contributed by atoms with E-state index in [1.54, 1.807) is 0 Å². The smallest absolute Gasteiger partial charge is 0.190 e. The molecule has 1 rings (SSSR count). The van der Waals surface area contributed by atoms with E-state index in [2.05, 4.69) is 4.99 Å². The van der Waals surface area contributed by atoms with Crippen molar-refractivity contribution >= 4 is 5.96 Å². The molecule has 0 amide bonds. The Labute approximate surface area is 92.5 Å². The lowest BCUT2D eigenvalue weighted by Crippen LogP contribution is -2.36. The van der Waals surface area contributed by atoms with Crippen molar-refractivity contribution in [1.82, 2.24) is 4.90 Å². The van der Waals surface area contributed by atoms with Gasteiger partial charge in [-0.15, -0.1) is 0 Å². The van der Waals surface area contributed by atoms with Crippen LogP contribution >= 0.6 is 0 Å². The van der Waals surface area contributed by atoms with E-state index in [1.807, 2.05) is 18.9 Å². The van der Waals surface area contributed by atoms with E-state index in [1.165, 1.54) is 19.3 Å². The van der Waals surface area contributed by atoms with Crippen molar-refractivity contribution in [2.75, 3.05) is 33.4 Å². The van der Waals surface area contributed by atoms with E-state index in [0.717, 1.165) is 32.2 Å². The third kappa shape index (κ3) is 4.51. The molecule has 0 aromatic rings. The normalized spacial score (nSPS) is 19.2. The summed E-state index contributed by atoms with van der Waals surface area (Å²) in [5.41, 5.74) is 5.79. The van der Waals surface area contributed by atoms with Crippen LogP contribution in [0.3, 0.4) is 0 Å². The van der Waals surface area contributed by atoms with Gasteiger partial charge in [0.2, 0.25) is 0 Å². The number of aliphatic imine (C=N–C) groups is 1. The van der Waals surface area contributed by atoms with Gasteiger partial charge in [0.15, 0.2) is 5.96 Å². The first-order chi connectivity index (χ1) is 7.24. The fourth-order valence-electron chi connectivity index (χ4n) is 1.81. The Morgan fingerprint density at radius 3 is 2.73 bits per heavy atom. The zero-order chi connectivity index (χ0) is 11.1. The van der Waals surface area contributed by atoms with E-state index in [9.17, 15) is 0 Å². The first kappa shape index (κ1) is 12.3. The van der Waals surface area contributed by atoms with Crippen LogP contribution in [-0.2, 0) is 4.74 Å². The quantitative estimate of drug-likeness (QED) is 0.561. The Hall–Kier alpha value is -0.770. The topological polar surface area (TPSA) is 50.8 Å². The second-order valence-electron chi connectivity index (χ2n) is 4.10.